The summed E-state index contributed by atoms with van der Waals surface area (Å²) in [4.78, 5) is 7.50. The van der Waals surface area contributed by atoms with Gasteiger partial charge in [0.15, 0.2) is 0 Å². The Morgan fingerprint density at radius 1 is 1.33 bits per heavy atom. The summed E-state index contributed by atoms with van der Waals surface area (Å²) in [5, 5.41) is 2.70. The van der Waals surface area contributed by atoms with Crippen molar-refractivity contribution < 1.29 is 13.2 Å². The Kier molecular flexibility index (Phi) is 3.54. The van der Waals surface area contributed by atoms with E-state index in [0.29, 0.717) is 16.0 Å². The van der Waals surface area contributed by atoms with E-state index in [1.807, 2.05) is 0 Å². The molecule has 1 heterocycles. The highest BCUT2D eigenvalue weighted by atomic mass is 79.9. The fraction of sp³-hybridized carbons (Fsp3) is 0.500. The SMILES string of the molecule is CNc1nc(CC(F)(F)F)nc(C)c1Br. The number of anilines is 1. The quantitative estimate of drug-likeness (QED) is 0.907. The average Bonchev–Trinajstić information content (AvgIpc) is 2.08. The molecule has 0 unspecified atom stereocenters. The van der Waals surface area contributed by atoms with Gasteiger partial charge in [-0.25, -0.2) is 9.97 Å². The predicted octanol–water partition coefficient (Wildman–Crippen LogP) is 2.69. The second-order valence-electron chi connectivity index (χ2n) is 2.93. The highest BCUT2D eigenvalue weighted by Crippen LogP contribution is 2.25. The van der Waals surface area contributed by atoms with Crippen LogP contribution in [0.1, 0.15) is 11.5 Å². The second kappa shape index (κ2) is 4.34. The Morgan fingerprint density at radius 3 is 2.40 bits per heavy atom. The van der Waals surface area contributed by atoms with Crippen LogP contribution >= 0.6 is 15.9 Å². The fourth-order valence-electron chi connectivity index (χ4n) is 1.04. The van der Waals surface area contributed by atoms with Gasteiger partial charge in [-0.05, 0) is 22.9 Å². The maximum Gasteiger partial charge on any atom is 0.396 e. The molecule has 0 bridgehead atoms. The normalized spacial score (nSPS) is 11.6. The van der Waals surface area contributed by atoms with E-state index in [2.05, 4.69) is 31.2 Å². The summed E-state index contributed by atoms with van der Waals surface area (Å²) in [5.74, 6) is 0.134. The van der Waals surface area contributed by atoms with Gasteiger partial charge in [0.1, 0.15) is 18.1 Å². The Morgan fingerprint density at radius 2 is 1.93 bits per heavy atom. The van der Waals surface area contributed by atoms with Crippen molar-refractivity contribution in [1.82, 2.24) is 9.97 Å². The van der Waals surface area contributed by atoms with Crippen LogP contribution in [0.2, 0.25) is 0 Å². The van der Waals surface area contributed by atoms with E-state index in [0.717, 1.165) is 0 Å². The molecule has 0 aliphatic carbocycles. The van der Waals surface area contributed by atoms with Gasteiger partial charge in [0.2, 0.25) is 0 Å². The largest absolute Gasteiger partial charge is 0.396 e. The highest BCUT2D eigenvalue weighted by Gasteiger charge is 2.29. The zero-order valence-electron chi connectivity index (χ0n) is 8.11. The summed E-state index contributed by atoms with van der Waals surface area (Å²) >= 11 is 3.19. The third-order valence-electron chi connectivity index (χ3n) is 1.66. The first-order valence-corrected chi connectivity index (χ1v) is 4.90. The van der Waals surface area contributed by atoms with Gasteiger partial charge in [-0.1, -0.05) is 0 Å². The van der Waals surface area contributed by atoms with Gasteiger partial charge in [0.05, 0.1) is 10.2 Å². The summed E-state index contributed by atoms with van der Waals surface area (Å²) in [6.45, 7) is 1.62. The smallest absolute Gasteiger partial charge is 0.372 e. The van der Waals surface area contributed by atoms with Crippen LogP contribution in [0.5, 0.6) is 0 Å². The number of alkyl halides is 3. The molecule has 0 saturated heterocycles. The molecule has 1 rings (SSSR count). The van der Waals surface area contributed by atoms with Gasteiger partial charge in [0.25, 0.3) is 0 Å². The van der Waals surface area contributed by atoms with Crippen molar-refractivity contribution in [3.8, 4) is 0 Å². The Hall–Kier alpha value is -0.850. The molecule has 7 heteroatoms. The summed E-state index contributed by atoms with van der Waals surface area (Å²) in [7, 11) is 1.59. The molecule has 84 valence electrons. The maximum atomic E-state index is 12.1. The van der Waals surface area contributed by atoms with Crippen LogP contribution in [0.25, 0.3) is 0 Å². The highest BCUT2D eigenvalue weighted by molar-refractivity contribution is 9.10. The van der Waals surface area contributed by atoms with Crippen LogP contribution in [0.15, 0.2) is 4.47 Å². The van der Waals surface area contributed by atoms with Crippen LogP contribution in [-0.4, -0.2) is 23.2 Å². The van der Waals surface area contributed by atoms with E-state index in [1.54, 1.807) is 14.0 Å². The van der Waals surface area contributed by atoms with Crippen molar-refractivity contribution in [3.05, 3.63) is 16.0 Å². The minimum Gasteiger partial charge on any atom is -0.372 e. The molecule has 3 nitrogen and oxygen atoms in total. The van der Waals surface area contributed by atoms with Crippen LogP contribution in [0, 0.1) is 6.92 Å². The Labute approximate surface area is 93.2 Å². The molecule has 0 aromatic carbocycles. The number of aryl methyl sites for hydroxylation is 1. The number of aromatic nitrogens is 2. The van der Waals surface area contributed by atoms with Gasteiger partial charge in [-0.15, -0.1) is 0 Å². The molecular formula is C8H9BrF3N3. The summed E-state index contributed by atoms with van der Waals surface area (Å²) in [6, 6.07) is 0. The lowest BCUT2D eigenvalue weighted by atomic mass is 10.3. The van der Waals surface area contributed by atoms with E-state index >= 15 is 0 Å². The van der Waals surface area contributed by atoms with E-state index < -0.39 is 12.6 Å². The van der Waals surface area contributed by atoms with E-state index in [-0.39, 0.29) is 5.82 Å². The van der Waals surface area contributed by atoms with Crippen molar-refractivity contribution in [2.75, 3.05) is 12.4 Å². The molecule has 0 saturated carbocycles. The predicted molar refractivity (Wildman–Crippen MR) is 53.8 cm³/mol. The fourth-order valence-corrected chi connectivity index (χ4v) is 1.42. The number of hydrogen-bond donors (Lipinski definition) is 1. The van der Waals surface area contributed by atoms with Crippen molar-refractivity contribution in [3.63, 3.8) is 0 Å². The summed E-state index contributed by atoms with van der Waals surface area (Å²) < 4.78 is 36.9. The lowest BCUT2D eigenvalue weighted by Gasteiger charge is -2.09. The topological polar surface area (TPSA) is 37.8 Å². The molecular weight excluding hydrogens is 275 g/mol. The van der Waals surface area contributed by atoms with Gasteiger partial charge in [-0.2, -0.15) is 13.2 Å². The lowest BCUT2D eigenvalue weighted by Crippen LogP contribution is -2.15. The number of nitrogens with one attached hydrogen (secondary N) is 1. The molecule has 1 aromatic heterocycles. The maximum absolute atomic E-state index is 12.1. The van der Waals surface area contributed by atoms with Crippen LogP contribution in [0.3, 0.4) is 0 Å². The minimum absolute atomic E-state index is 0.229. The first kappa shape index (κ1) is 12.2. The number of halogens is 4. The number of nitrogens with zero attached hydrogens (tertiary/aromatic N) is 2. The van der Waals surface area contributed by atoms with E-state index in [9.17, 15) is 13.2 Å². The van der Waals surface area contributed by atoms with Crippen LogP contribution in [-0.2, 0) is 6.42 Å². The second-order valence-corrected chi connectivity index (χ2v) is 3.72. The number of rotatable bonds is 2. The zero-order valence-corrected chi connectivity index (χ0v) is 9.70. The van der Waals surface area contributed by atoms with E-state index in [4.69, 9.17) is 0 Å². The molecule has 0 amide bonds. The zero-order chi connectivity index (χ0) is 11.6. The monoisotopic (exact) mass is 283 g/mol. The molecule has 0 fully saturated rings. The molecule has 0 atom stereocenters. The van der Waals surface area contributed by atoms with Crippen molar-refractivity contribution >= 4 is 21.7 Å². The van der Waals surface area contributed by atoms with Crippen LogP contribution in [0.4, 0.5) is 19.0 Å². The van der Waals surface area contributed by atoms with Gasteiger partial charge < -0.3 is 5.32 Å². The minimum atomic E-state index is -4.29. The molecule has 0 spiro atoms. The summed E-state index contributed by atoms with van der Waals surface area (Å²) in [5.41, 5.74) is 0.480. The van der Waals surface area contributed by atoms with Gasteiger partial charge in [-0.3, -0.25) is 0 Å². The molecule has 0 aliphatic rings. The lowest BCUT2D eigenvalue weighted by molar-refractivity contribution is -0.128. The molecule has 15 heavy (non-hydrogen) atoms. The Bertz CT molecular complexity index is 365. The third-order valence-corrected chi connectivity index (χ3v) is 2.61. The first-order valence-electron chi connectivity index (χ1n) is 4.11. The van der Waals surface area contributed by atoms with Crippen molar-refractivity contribution in [2.45, 2.75) is 19.5 Å². The van der Waals surface area contributed by atoms with Gasteiger partial charge >= 0.3 is 6.18 Å². The molecule has 1 N–H and O–H groups in total. The number of hydrogen-bond acceptors (Lipinski definition) is 3. The van der Waals surface area contributed by atoms with Crippen molar-refractivity contribution in [1.29, 1.82) is 0 Å². The third kappa shape index (κ3) is 3.33. The average molecular weight is 284 g/mol. The van der Waals surface area contributed by atoms with Crippen LogP contribution < -0.4 is 5.32 Å². The van der Waals surface area contributed by atoms with E-state index in [1.165, 1.54) is 0 Å². The summed E-state index contributed by atoms with van der Waals surface area (Å²) in [6.07, 6.45) is -5.40. The standard InChI is InChI=1S/C8H9BrF3N3/c1-4-6(9)7(13-2)15-5(14-4)3-8(10,11)12/h3H2,1-2H3,(H,13,14,15). The molecule has 1 aromatic rings. The Balaban J connectivity index is 3.06. The van der Waals surface area contributed by atoms with Gasteiger partial charge in [0, 0.05) is 7.05 Å². The van der Waals surface area contributed by atoms with Crippen molar-refractivity contribution in [2.24, 2.45) is 0 Å². The first-order chi connectivity index (χ1) is 6.83. The molecule has 0 radical (unpaired) electrons. The molecule has 0 aliphatic heterocycles.